The van der Waals surface area contributed by atoms with Gasteiger partial charge in [0, 0.05) is 18.1 Å². The van der Waals surface area contributed by atoms with Gasteiger partial charge in [0.15, 0.2) is 5.01 Å². The first kappa shape index (κ1) is 50.3. The minimum atomic E-state index is -4.16. The number of rotatable bonds is 22. The van der Waals surface area contributed by atoms with Gasteiger partial charge in [0.2, 0.25) is 33.6 Å². The van der Waals surface area contributed by atoms with Gasteiger partial charge in [0.25, 0.3) is 10.0 Å². The van der Waals surface area contributed by atoms with Gasteiger partial charge in [-0.2, -0.15) is 0 Å². The van der Waals surface area contributed by atoms with Crippen LogP contribution in [0.25, 0.3) is 0 Å². The van der Waals surface area contributed by atoms with Crippen molar-refractivity contribution in [3.63, 3.8) is 0 Å². The molecule has 5 rings (SSSR count). The predicted molar refractivity (Wildman–Crippen MR) is 247 cm³/mol. The van der Waals surface area contributed by atoms with Crippen molar-refractivity contribution in [1.29, 1.82) is 0 Å². The molecule has 6 N–H and O–H groups in total. The van der Waals surface area contributed by atoms with Crippen LogP contribution in [0.1, 0.15) is 89.0 Å². The summed E-state index contributed by atoms with van der Waals surface area (Å²) in [7, 11) is -6.78. The number of carbonyl (C=O) groups is 4. The standard InChI is InChI=1S/C45H57N7O10S3/c1-29-25-38(61-4)30(2)31(3)41(29)65(59,60)52-45(46)48-22-14-21-35(40(54)44-47-23-24-63-44)49-42(55)36(27-39(53)62-34-19-12-7-13-20-34)50-43(56)37(26-32-15-8-5-9-16-32)51-64(57,58)28-33-17-10-6-11-18-33/h5-6,8-11,15-18,23-25,34-37,51H,7,12-14,19-22,26-28H2,1-4H3,(H,49,55)(H,50,56)(H3,46,48,52)/t35-,36-,37+/m0/s1. The highest BCUT2D eigenvalue weighted by Crippen LogP contribution is 2.30. The predicted octanol–water partition coefficient (Wildman–Crippen LogP) is 4.30. The Balaban J connectivity index is 1.35. The molecule has 0 aliphatic heterocycles. The van der Waals surface area contributed by atoms with E-state index in [4.69, 9.17) is 15.2 Å². The topological polar surface area (TPSA) is 254 Å². The van der Waals surface area contributed by atoms with Crippen LogP contribution in [0.5, 0.6) is 5.75 Å². The van der Waals surface area contributed by atoms with Gasteiger partial charge in [-0.25, -0.2) is 31.3 Å². The normalized spacial score (nSPS) is 15.0. The molecule has 0 spiro atoms. The number of benzene rings is 3. The largest absolute Gasteiger partial charge is 0.496 e. The van der Waals surface area contributed by atoms with Crippen molar-refractivity contribution in [3.8, 4) is 5.75 Å². The molecular weight excluding hydrogens is 895 g/mol. The van der Waals surface area contributed by atoms with Crippen molar-refractivity contribution < 1.29 is 45.5 Å². The molecule has 0 bridgehead atoms. The minimum absolute atomic E-state index is 0.0333. The van der Waals surface area contributed by atoms with E-state index in [0.29, 0.717) is 46.4 Å². The summed E-state index contributed by atoms with van der Waals surface area (Å²) in [6.07, 6.45) is 4.48. The molecule has 1 aromatic heterocycles. The Morgan fingerprint density at radius 1 is 0.862 bits per heavy atom. The number of aryl methyl sites for hydroxylation is 1. The average molecular weight is 952 g/mol. The molecule has 2 amide bonds. The summed E-state index contributed by atoms with van der Waals surface area (Å²) in [6.45, 7) is 4.97. The van der Waals surface area contributed by atoms with Crippen molar-refractivity contribution in [2.24, 2.45) is 10.7 Å². The van der Waals surface area contributed by atoms with Gasteiger partial charge in [0.1, 0.15) is 23.9 Å². The molecule has 0 radical (unpaired) electrons. The summed E-state index contributed by atoms with van der Waals surface area (Å²) >= 11 is 1.05. The van der Waals surface area contributed by atoms with Crippen LogP contribution >= 0.6 is 11.3 Å². The lowest BCUT2D eigenvalue weighted by molar-refractivity contribution is -0.152. The summed E-state index contributed by atoms with van der Waals surface area (Å²) in [5, 5.41) is 6.95. The quantitative estimate of drug-likeness (QED) is 0.0243. The van der Waals surface area contributed by atoms with Crippen LogP contribution in [0.2, 0.25) is 0 Å². The number of hydrogen-bond donors (Lipinski definition) is 5. The number of ketones is 1. The van der Waals surface area contributed by atoms with Crippen molar-refractivity contribution in [2.75, 3.05) is 13.7 Å². The SMILES string of the molecule is COc1cc(C)c(S(=O)(=O)NC(N)=NCCC[C@H](NC(=O)[C@H](CC(=O)OC2CCCCC2)NC(=O)[C@@H](Cc2ccccc2)NS(=O)(=O)Cc2ccccc2)C(=O)c2nccs2)c(C)c1C. The summed E-state index contributed by atoms with van der Waals surface area (Å²) in [5.41, 5.74) is 8.72. The number of ether oxygens (including phenoxy) is 2. The van der Waals surface area contributed by atoms with Crippen LogP contribution in [-0.2, 0) is 51.3 Å². The molecule has 3 aromatic carbocycles. The summed E-state index contributed by atoms with van der Waals surface area (Å²) in [4.78, 5) is 64.0. The number of amides is 2. The summed E-state index contributed by atoms with van der Waals surface area (Å²) in [6, 6.07) is 14.5. The Kier molecular flexibility index (Phi) is 18.2. The number of carbonyl (C=O) groups excluding carboxylic acids is 4. The number of nitrogens with one attached hydrogen (secondary N) is 4. The highest BCUT2D eigenvalue weighted by Gasteiger charge is 2.34. The number of guanidine groups is 1. The van der Waals surface area contributed by atoms with E-state index in [9.17, 15) is 36.0 Å². The van der Waals surface area contributed by atoms with E-state index in [0.717, 1.165) is 30.6 Å². The highest BCUT2D eigenvalue weighted by molar-refractivity contribution is 7.90. The lowest BCUT2D eigenvalue weighted by Crippen LogP contribution is -2.57. The van der Waals surface area contributed by atoms with E-state index >= 15 is 0 Å². The van der Waals surface area contributed by atoms with Gasteiger partial charge < -0.3 is 25.8 Å². The van der Waals surface area contributed by atoms with Gasteiger partial charge in [0.05, 0.1) is 30.2 Å². The lowest BCUT2D eigenvalue weighted by Gasteiger charge is -2.26. The summed E-state index contributed by atoms with van der Waals surface area (Å²) < 4.78 is 69.7. The zero-order chi connectivity index (χ0) is 47.1. The molecule has 3 atom stereocenters. The Bertz CT molecular complexity index is 2520. The molecule has 0 saturated heterocycles. The first-order valence-electron chi connectivity index (χ1n) is 21.3. The van der Waals surface area contributed by atoms with E-state index in [1.54, 1.807) is 92.9 Å². The Labute approximate surface area is 384 Å². The molecule has 17 nitrogen and oxygen atoms in total. The van der Waals surface area contributed by atoms with Gasteiger partial charge in [-0.05, 0) is 99.6 Å². The van der Waals surface area contributed by atoms with Crippen molar-refractivity contribution in [3.05, 3.63) is 111 Å². The molecule has 1 saturated carbocycles. The number of aromatic nitrogens is 1. The van der Waals surface area contributed by atoms with Crippen molar-refractivity contribution in [2.45, 2.75) is 113 Å². The van der Waals surface area contributed by atoms with Gasteiger partial charge in [-0.1, -0.05) is 67.1 Å². The van der Waals surface area contributed by atoms with Crippen LogP contribution < -0.4 is 30.5 Å². The molecule has 65 heavy (non-hydrogen) atoms. The summed E-state index contributed by atoms with van der Waals surface area (Å²) in [5.74, 6) is -3.39. The van der Waals surface area contributed by atoms with E-state index in [1.165, 1.54) is 13.3 Å². The molecule has 1 heterocycles. The number of methoxy groups -OCH3 is 1. The zero-order valence-corrected chi connectivity index (χ0v) is 39.3. The second-order valence-electron chi connectivity index (χ2n) is 15.9. The fourth-order valence-corrected chi connectivity index (χ4v) is 11.0. The third kappa shape index (κ3) is 14.9. The van der Waals surface area contributed by atoms with Crippen molar-refractivity contribution >= 4 is 60.9 Å². The number of Topliss-reactive ketones (excluding diaryl/α,β-unsaturated/α-hetero) is 1. The maximum absolute atomic E-state index is 14.3. The van der Waals surface area contributed by atoms with E-state index < -0.39 is 79.9 Å². The number of thiazole rings is 1. The molecular formula is C45H57N7O10S3. The van der Waals surface area contributed by atoms with E-state index in [-0.39, 0.29) is 41.8 Å². The van der Waals surface area contributed by atoms with Crippen LogP contribution in [0.15, 0.2) is 88.2 Å². The fraction of sp³-hybridized carbons (Fsp3) is 0.422. The van der Waals surface area contributed by atoms with Crippen LogP contribution in [0, 0.1) is 20.8 Å². The second-order valence-corrected chi connectivity index (χ2v) is 20.1. The fourth-order valence-electron chi connectivity index (χ4n) is 7.55. The molecule has 350 valence electrons. The molecule has 20 heteroatoms. The third-order valence-electron chi connectivity index (χ3n) is 10.9. The van der Waals surface area contributed by atoms with Gasteiger partial charge in [-0.3, -0.25) is 24.2 Å². The Morgan fingerprint density at radius 3 is 2.12 bits per heavy atom. The second kappa shape index (κ2) is 23.5. The lowest BCUT2D eigenvalue weighted by atomic mass is 9.98. The number of hydrogen-bond acceptors (Lipinski definition) is 13. The van der Waals surface area contributed by atoms with Crippen LogP contribution in [0.4, 0.5) is 0 Å². The van der Waals surface area contributed by atoms with Crippen LogP contribution in [0.3, 0.4) is 0 Å². The zero-order valence-electron chi connectivity index (χ0n) is 36.9. The molecule has 1 fully saturated rings. The molecule has 1 aliphatic rings. The molecule has 1 aliphatic carbocycles. The van der Waals surface area contributed by atoms with Gasteiger partial charge >= 0.3 is 5.97 Å². The number of aliphatic imine (C=N–C) groups is 1. The maximum Gasteiger partial charge on any atom is 0.308 e. The monoisotopic (exact) mass is 951 g/mol. The molecule has 0 unspecified atom stereocenters. The van der Waals surface area contributed by atoms with Crippen LogP contribution in [-0.4, -0.2) is 89.2 Å². The number of sulfonamides is 2. The number of nitrogens with zero attached hydrogens (tertiary/aromatic N) is 2. The van der Waals surface area contributed by atoms with E-state index in [2.05, 4.69) is 30.1 Å². The number of esters is 1. The van der Waals surface area contributed by atoms with Gasteiger partial charge in [-0.15, -0.1) is 11.3 Å². The highest BCUT2D eigenvalue weighted by atomic mass is 32.2. The molecule has 4 aromatic rings. The number of nitrogens with two attached hydrogens (primary N) is 1. The first-order chi connectivity index (χ1) is 31.0. The average Bonchev–Trinajstić information content (AvgIpc) is 3.81. The van der Waals surface area contributed by atoms with Crippen molar-refractivity contribution in [1.82, 2.24) is 25.1 Å². The smallest absolute Gasteiger partial charge is 0.308 e. The Morgan fingerprint density at radius 2 is 1.49 bits per heavy atom. The maximum atomic E-state index is 14.3. The van der Waals surface area contributed by atoms with E-state index in [1.807, 2.05) is 0 Å². The third-order valence-corrected chi connectivity index (χ3v) is 14.7. The Hall–Kier alpha value is -5.70. The first-order valence-corrected chi connectivity index (χ1v) is 25.3. The minimum Gasteiger partial charge on any atom is -0.496 e.